The summed E-state index contributed by atoms with van der Waals surface area (Å²) in [5, 5.41) is 3.18. The molecule has 0 aliphatic rings. The van der Waals surface area contributed by atoms with Gasteiger partial charge in [-0.2, -0.15) is 0 Å². The minimum Gasteiger partial charge on any atom is -0.325 e. The van der Waals surface area contributed by atoms with E-state index in [4.69, 9.17) is 0 Å². The number of hydrogen-bond donors (Lipinski definition) is 1. The Bertz CT molecular complexity index is 1030. The van der Waals surface area contributed by atoms with E-state index in [9.17, 15) is 9.59 Å². The van der Waals surface area contributed by atoms with Crippen LogP contribution < -0.4 is 10.9 Å². The second-order valence-electron chi connectivity index (χ2n) is 6.40. The fourth-order valence-electron chi connectivity index (χ4n) is 2.68. The van der Waals surface area contributed by atoms with Crippen LogP contribution in [0.4, 0.5) is 5.69 Å². The van der Waals surface area contributed by atoms with E-state index < -0.39 is 0 Å². The highest BCUT2D eigenvalue weighted by atomic mass is 32.2. The molecule has 0 radical (unpaired) electrons. The fourth-order valence-corrected chi connectivity index (χ4v) is 3.37. The standard InChI is InChI=1S/C21H21N3O2S/c1-14-4-7-17(8-5-14)24-11-10-22-20(21(24)26)27-13-19(25)23-18-9-6-15(2)12-16(18)3/h4-12H,13H2,1-3H3,(H,23,25). The number of aryl methyl sites for hydroxylation is 3. The van der Waals surface area contributed by atoms with Gasteiger partial charge in [-0.15, -0.1) is 0 Å². The van der Waals surface area contributed by atoms with Gasteiger partial charge in [0.05, 0.1) is 5.75 Å². The lowest BCUT2D eigenvalue weighted by molar-refractivity contribution is -0.113. The van der Waals surface area contributed by atoms with Crippen LogP contribution in [0.25, 0.3) is 5.69 Å². The van der Waals surface area contributed by atoms with Crippen molar-refractivity contribution in [3.63, 3.8) is 0 Å². The number of carbonyl (C=O) groups excluding carboxylic acids is 1. The van der Waals surface area contributed by atoms with Crippen molar-refractivity contribution in [1.29, 1.82) is 0 Å². The summed E-state index contributed by atoms with van der Waals surface area (Å²) in [6, 6.07) is 13.5. The number of nitrogens with zero attached hydrogens (tertiary/aromatic N) is 2. The summed E-state index contributed by atoms with van der Waals surface area (Å²) in [5.74, 6) is -0.0492. The first kappa shape index (κ1) is 18.9. The number of nitrogens with one attached hydrogen (secondary N) is 1. The first-order chi connectivity index (χ1) is 12.9. The molecule has 0 saturated carbocycles. The Labute approximate surface area is 162 Å². The zero-order valence-corrected chi connectivity index (χ0v) is 16.3. The van der Waals surface area contributed by atoms with E-state index >= 15 is 0 Å². The van der Waals surface area contributed by atoms with E-state index in [1.807, 2.05) is 63.2 Å². The molecule has 1 amide bonds. The zero-order valence-electron chi connectivity index (χ0n) is 15.5. The summed E-state index contributed by atoms with van der Waals surface area (Å²) >= 11 is 1.14. The second kappa shape index (κ2) is 8.22. The molecule has 2 aromatic carbocycles. The van der Waals surface area contributed by atoms with Gasteiger partial charge in [-0.1, -0.05) is 47.2 Å². The van der Waals surface area contributed by atoms with Crippen LogP contribution >= 0.6 is 11.8 Å². The Morgan fingerprint density at radius 3 is 2.48 bits per heavy atom. The van der Waals surface area contributed by atoms with Gasteiger partial charge in [0, 0.05) is 23.8 Å². The Morgan fingerprint density at radius 2 is 1.78 bits per heavy atom. The number of aromatic nitrogens is 2. The Hall–Kier alpha value is -2.86. The molecule has 27 heavy (non-hydrogen) atoms. The molecule has 6 heteroatoms. The van der Waals surface area contributed by atoms with Gasteiger partial charge in [0.15, 0.2) is 5.03 Å². The molecule has 0 spiro atoms. The van der Waals surface area contributed by atoms with E-state index in [2.05, 4.69) is 10.3 Å². The first-order valence-electron chi connectivity index (χ1n) is 8.58. The molecular formula is C21H21N3O2S. The predicted octanol–water partition coefficient (Wildman–Crippen LogP) is 3.89. The number of rotatable bonds is 5. The quantitative estimate of drug-likeness (QED) is 0.683. The average Bonchev–Trinajstić information content (AvgIpc) is 2.64. The van der Waals surface area contributed by atoms with Crippen LogP contribution in [0.15, 0.2) is 64.7 Å². The van der Waals surface area contributed by atoms with Crippen molar-refractivity contribution in [2.24, 2.45) is 0 Å². The molecule has 0 aliphatic heterocycles. The molecule has 0 fully saturated rings. The number of thioether (sulfide) groups is 1. The molecule has 1 aromatic heterocycles. The van der Waals surface area contributed by atoms with Crippen LogP contribution in [-0.2, 0) is 4.79 Å². The highest BCUT2D eigenvalue weighted by Gasteiger charge is 2.11. The lowest BCUT2D eigenvalue weighted by atomic mass is 10.1. The van der Waals surface area contributed by atoms with Gasteiger partial charge in [0.2, 0.25) is 5.91 Å². The van der Waals surface area contributed by atoms with E-state index in [1.165, 1.54) is 4.57 Å². The van der Waals surface area contributed by atoms with E-state index in [1.54, 1.807) is 12.4 Å². The van der Waals surface area contributed by atoms with Gasteiger partial charge in [-0.3, -0.25) is 14.2 Å². The fraction of sp³-hybridized carbons (Fsp3) is 0.190. The summed E-state index contributed by atoms with van der Waals surface area (Å²) in [6.45, 7) is 5.96. The normalized spacial score (nSPS) is 10.6. The summed E-state index contributed by atoms with van der Waals surface area (Å²) in [5.41, 5.74) is 4.60. The van der Waals surface area contributed by atoms with Crippen LogP contribution in [0.2, 0.25) is 0 Å². The molecular weight excluding hydrogens is 358 g/mol. The largest absolute Gasteiger partial charge is 0.325 e. The third-order valence-electron chi connectivity index (χ3n) is 4.12. The third-order valence-corrected chi connectivity index (χ3v) is 5.08. The predicted molar refractivity (Wildman–Crippen MR) is 110 cm³/mol. The minimum absolute atomic E-state index is 0.119. The van der Waals surface area contributed by atoms with Crippen molar-refractivity contribution in [2.75, 3.05) is 11.1 Å². The molecule has 1 N–H and O–H groups in total. The van der Waals surface area contributed by atoms with Crippen LogP contribution in [0.3, 0.4) is 0 Å². The molecule has 0 aliphatic carbocycles. The van der Waals surface area contributed by atoms with Crippen molar-refractivity contribution in [2.45, 2.75) is 25.8 Å². The number of hydrogen-bond acceptors (Lipinski definition) is 4. The van der Waals surface area contributed by atoms with Crippen LogP contribution in [0.1, 0.15) is 16.7 Å². The van der Waals surface area contributed by atoms with Crippen molar-refractivity contribution in [3.05, 3.63) is 81.9 Å². The van der Waals surface area contributed by atoms with Gasteiger partial charge in [0.1, 0.15) is 0 Å². The second-order valence-corrected chi connectivity index (χ2v) is 7.36. The number of benzene rings is 2. The monoisotopic (exact) mass is 379 g/mol. The van der Waals surface area contributed by atoms with Gasteiger partial charge in [0.25, 0.3) is 5.56 Å². The van der Waals surface area contributed by atoms with Gasteiger partial charge in [-0.25, -0.2) is 4.98 Å². The van der Waals surface area contributed by atoms with Crippen molar-refractivity contribution in [3.8, 4) is 5.69 Å². The average molecular weight is 379 g/mol. The van der Waals surface area contributed by atoms with Crippen LogP contribution in [0, 0.1) is 20.8 Å². The van der Waals surface area contributed by atoms with Crippen LogP contribution in [0.5, 0.6) is 0 Å². The lowest BCUT2D eigenvalue weighted by Crippen LogP contribution is -2.22. The first-order valence-corrected chi connectivity index (χ1v) is 9.57. The SMILES string of the molecule is Cc1ccc(-n2ccnc(SCC(=O)Nc3ccc(C)cc3C)c2=O)cc1. The summed E-state index contributed by atoms with van der Waals surface area (Å²) in [7, 11) is 0. The lowest BCUT2D eigenvalue weighted by Gasteiger charge is -2.10. The number of carbonyl (C=O) groups is 1. The van der Waals surface area contributed by atoms with Crippen molar-refractivity contribution >= 4 is 23.4 Å². The summed E-state index contributed by atoms with van der Waals surface area (Å²) in [6.07, 6.45) is 3.21. The van der Waals surface area contributed by atoms with Crippen molar-refractivity contribution < 1.29 is 4.79 Å². The smallest absolute Gasteiger partial charge is 0.287 e. The third kappa shape index (κ3) is 4.65. The van der Waals surface area contributed by atoms with Gasteiger partial charge >= 0.3 is 0 Å². The Morgan fingerprint density at radius 1 is 1.07 bits per heavy atom. The summed E-state index contributed by atoms with van der Waals surface area (Å²) in [4.78, 5) is 29.1. The zero-order chi connectivity index (χ0) is 19.4. The maximum absolute atomic E-state index is 12.7. The topological polar surface area (TPSA) is 64.0 Å². The highest BCUT2D eigenvalue weighted by molar-refractivity contribution is 7.99. The van der Waals surface area contributed by atoms with E-state index in [0.717, 1.165) is 39.8 Å². The van der Waals surface area contributed by atoms with Crippen LogP contribution in [-0.4, -0.2) is 21.2 Å². The van der Waals surface area contributed by atoms with Gasteiger partial charge in [-0.05, 0) is 44.5 Å². The maximum atomic E-state index is 12.7. The highest BCUT2D eigenvalue weighted by Crippen LogP contribution is 2.18. The number of amides is 1. The molecule has 0 atom stereocenters. The Balaban J connectivity index is 1.71. The van der Waals surface area contributed by atoms with Crippen molar-refractivity contribution in [1.82, 2.24) is 9.55 Å². The number of anilines is 1. The molecule has 0 bridgehead atoms. The molecule has 5 nitrogen and oxygen atoms in total. The minimum atomic E-state index is -0.231. The summed E-state index contributed by atoms with van der Waals surface area (Å²) < 4.78 is 1.54. The molecule has 3 rings (SSSR count). The van der Waals surface area contributed by atoms with E-state index in [-0.39, 0.29) is 17.2 Å². The molecule has 3 aromatic rings. The molecule has 1 heterocycles. The van der Waals surface area contributed by atoms with E-state index in [0.29, 0.717) is 5.03 Å². The maximum Gasteiger partial charge on any atom is 0.287 e. The molecule has 138 valence electrons. The van der Waals surface area contributed by atoms with Gasteiger partial charge < -0.3 is 5.32 Å². The molecule has 0 unspecified atom stereocenters. The molecule has 0 saturated heterocycles. The Kier molecular flexibility index (Phi) is 5.76.